The van der Waals surface area contributed by atoms with Crippen LogP contribution in [0.5, 0.6) is 0 Å². The molecule has 46 heavy (non-hydrogen) atoms. The number of fused-ring (bicyclic) bond motifs is 1. The number of rotatable bonds is 11. The number of likely N-dealkylation sites (tertiary alicyclic amines) is 1. The van der Waals surface area contributed by atoms with Gasteiger partial charge in [0, 0.05) is 50.1 Å². The zero-order valence-electron chi connectivity index (χ0n) is 29.7. The van der Waals surface area contributed by atoms with Gasteiger partial charge >= 0.3 is 0 Å². The standard InChI is InChI=1S/C21H33N3O2S.C9H15NO.C2H7N.C2H6.CH3NO/c1-14(2)16-4-5-17-19(12-16)27-21(24-17)7-6-20(25)23-18(13-22-3)15-8-10-26-11-9-15;1-9(8-11)7-10-5-3-2-4-6-10;1-3-2;1-2;2-1-3/h4-5,14-16,18,22H,6-13H2,1-3H3,(H,23,25);8H,1-7H2;3H,1-2H3;1-2H3;1H,(H2,2,3). The van der Waals surface area contributed by atoms with Crippen molar-refractivity contribution in [1.29, 1.82) is 0 Å². The van der Waals surface area contributed by atoms with E-state index in [2.05, 4.69) is 59.2 Å². The molecule has 2 aliphatic heterocycles. The van der Waals surface area contributed by atoms with Gasteiger partial charge in [0.2, 0.25) is 12.3 Å². The summed E-state index contributed by atoms with van der Waals surface area (Å²) in [6.07, 6.45) is 13.8. The number of primary amides is 1. The zero-order chi connectivity index (χ0) is 34.7. The van der Waals surface area contributed by atoms with E-state index < -0.39 is 0 Å². The fraction of sp³-hybridized carbons (Fsp3) is 0.714. The van der Waals surface area contributed by atoms with Crippen LogP contribution >= 0.6 is 11.3 Å². The number of piperidine rings is 1. The van der Waals surface area contributed by atoms with Gasteiger partial charge in [0.25, 0.3) is 0 Å². The molecule has 2 unspecified atom stereocenters. The second-order valence-corrected chi connectivity index (χ2v) is 13.0. The summed E-state index contributed by atoms with van der Waals surface area (Å²) in [6.45, 7) is 17.6. The molecule has 1 aromatic heterocycles. The highest BCUT2D eigenvalue weighted by molar-refractivity contribution is 7.11. The molecule has 0 spiro atoms. The van der Waals surface area contributed by atoms with E-state index in [-0.39, 0.29) is 18.4 Å². The lowest BCUT2D eigenvalue weighted by Gasteiger charge is -2.31. The highest BCUT2D eigenvalue weighted by Crippen LogP contribution is 2.31. The number of aryl methyl sites for hydroxylation is 1. The monoisotopic (exact) mass is 664 g/mol. The van der Waals surface area contributed by atoms with Crippen molar-refractivity contribution in [3.05, 3.63) is 33.8 Å². The molecule has 2 saturated heterocycles. The van der Waals surface area contributed by atoms with Crippen LogP contribution in [-0.2, 0) is 32.0 Å². The van der Waals surface area contributed by atoms with Crippen LogP contribution in [0.2, 0.25) is 0 Å². The van der Waals surface area contributed by atoms with Crippen LogP contribution in [0.3, 0.4) is 0 Å². The number of nitrogens with one attached hydrogen (secondary N) is 3. The van der Waals surface area contributed by atoms with Crippen molar-refractivity contribution in [3.63, 3.8) is 0 Å². The van der Waals surface area contributed by atoms with Gasteiger partial charge < -0.3 is 26.4 Å². The Balaban J connectivity index is 0.000000880. The summed E-state index contributed by atoms with van der Waals surface area (Å²) >= 11 is 1.78. The highest BCUT2D eigenvalue weighted by atomic mass is 32.1. The fourth-order valence-electron chi connectivity index (χ4n) is 5.37. The van der Waals surface area contributed by atoms with Crippen molar-refractivity contribution >= 4 is 36.0 Å². The molecule has 2 amide bonds. The number of nitrogens with two attached hydrogens (primary N) is 1. The van der Waals surface area contributed by atoms with Gasteiger partial charge in [-0.3, -0.25) is 19.3 Å². The van der Waals surface area contributed by atoms with E-state index in [0.717, 1.165) is 82.1 Å². The third kappa shape index (κ3) is 18.6. The number of likely N-dealkylation sites (N-methyl/N-ethyl adjacent to an activating group) is 1. The van der Waals surface area contributed by atoms with E-state index in [1.165, 1.54) is 24.1 Å². The number of thiazole rings is 1. The average Bonchev–Trinajstić information content (AvgIpc) is 3.49. The maximum absolute atomic E-state index is 12.5. The van der Waals surface area contributed by atoms with Gasteiger partial charge in [-0.05, 0) is 95.7 Å². The number of carbonyl (C=O) groups is 3. The van der Waals surface area contributed by atoms with E-state index in [4.69, 9.17) is 14.5 Å². The molecule has 1 aliphatic carbocycles. The van der Waals surface area contributed by atoms with Crippen molar-refractivity contribution in [2.45, 2.75) is 85.1 Å². The fourth-order valence-corrected chi connectivity index (χ4v) is 6.49. The molecule has 11 heteroatoms. The van der Waals surface area contributed by atoms with E-state index in [1.807, 2.05) is 35.0 Å². The number of allylic oxidation sites excluding steroid dienone is 1. The van der Waals surface area contributed by atoms with Crippen molar-refractivity contribution in [3.8, 4) is 0 Å². The van der Waals surface area contributed by atoms with Crippen LogP contribution in [0.15, 0.2) is 18.2 Å². The first kappa shape index (κ1) is 43.6. The molecule has 0 radical (unpaired) electrons. The Hall–Kier alpha value is -2.44. The van der Waals surface area contributed by atoms with Gasteiger partial charge in [-0.1, -0.05) is 46.8 Å². The first-order valence-corrected chi connectivity index (χ1v) is 17.8. The molecule has 5 N–H and O–H groups in total. The Kier molecular flexibility index (Phi) is 26.2. The van der Waals surface area contributed by atoms with Crippen LogP contribution in [-0.4, -0.2) is 95.1 Å². The first-order chi connectivity index (χ1) is 22.2. The third-order valence-electron chi connectivity index (χ3n) is 7.76. The Morgan fingerprint density at radius 1 is 1.15 bits per heavy atom. The lowest BCUT2D eigenvalue weighted by molar-refractivity contribution is -0.122. The second kappa shape index (κ2) is 27.7. The van der Waals surface area contributed by atoms with Crippen LogP contribution in [0, 0.1) is 17.8 Å². The maximum atomic E-state index is 12.5. The minimum atomic E-state index is 0.130. The van der Waals surface area contributed by atoms with Crippen LogP contribution < -0.4 is 21.7 Å². The van der Waals surface area contributed by atoms with Crippen molar-refractivity contribution in [1.82, 2.24) is 25.8 Å². The molecular weight excluding hydrogens is 600 g/mol. The van der Waals surface area contributed by atoms with Gasteiger partial charge in [0.1, 0.15) is 6.29 Å². The molecule has 3 aliphatic rings. The Morgan fingerprint density at radius 3 is 2.30 bits per heavy atom. The Morgan fingerprint density at radius 2 is 1.76 bits per heavy atom. The summed E-state index contributed by atoms with van der Waals surface area (Å²) in [4.78, 5) is 39.8. The predicted octanol–water partition coefficient (Wildman–Crippen LogP) is 4.24. The largest absolute Gasteiger partial charge is 0.381 e. The highest BCUT2D eigenvalue weighted by Gasteiger charge is 2.25. The van der Waals surface area contributed by atoms with Gasteiger partial charge in [0.05, 0.1) is 10.7 Å². The molecule has 4 rings (SSSR count). The molecular formula is C35H64N6O4S. The summed E-state index contributed by atoms with van der Waals surface area (Å²) in [6, 6.07) is 0.186. The van der Waals surface area contributed by atoms with Gasteiger partial charge in [-0.25, -0.2) is 4.98 Å². The van der Waals surface area contributed by atoms with Crippen LogP contribution in [0.25, 0.3) is 6.08 Å². The van der Waals surface area contributed by atoms with E-state index in [1.54, 1.807) is 11.3 Å². The van der Waals surface area contributed by atoms with Crippen LogP contribution in [0.1, 0.15) is 81.8 Å². The number of nitrogens with zero attached hydrogens (tertiary/aromatic N) is 2. The molecule has 2 fully saturated rings. The number of aldehydes is 1. The van der Waals surface area contributed by atoms with Crippen molar-refractivity contribution < 1.29 is 19.1 Å². The number of hydrogen-bond acceptors (Lipinski definition) is 9. The Bertz CT molecular complexity index is 988. The molecule has 10 nitrogen and oxygen atoms in total. The van der Waals surface area contributed by atoms with Gasteiger partial charge in [-0.2, -0.15) is 0 Å². The minimum Gasteiger partial charge on any atom is -0.381 e. The quantitative estimate of drug-likeness (QED) is 0.204. The number of amides is 2. The summed E-state index contributed by atoms with van der Waals surface area (Å²) in [7, 11) is 5.69. The molecule has 1 aromatic rings. The van der Waals surface area contributed by atoms with Crippen molar-refractivity contribution in [2.75, 3.05) is 60.5 Å². The SMILES string of the molecule is C=C(C=O)CN1CCCCC1.CC.CNC.CNCC(NC(=O)CCc1nc2c(s1)CC(C(C)C)C=C2)C1CCOCC1.NC=O. The second-order valence-electron chi connectivity index (χ2n) is 11.8. The van der Waals surface area contributed by atoms with Crippen molar-refractivity contribution in [2.24, 2.45) is 23.5 Å². The van der Waals surface area contributed by atoms with E-state index in [9.17, 15) is 9.59 Å². The molecule has 0 aromatic carbocycles. The maximum Gasteiger partial charge on any atom is 0.220 e. The van der Waals surface area contributed by atoms with E-state index >= 15 is 0 Å². The number of carbonyl (C=O) groups excluding carboxylic acids is 3. The van der Waals surface area contributed by atoms with Gasteiger partial charge in [0.15, 0.2) is 0 Å². The topological polar surface area (TPSA) is 139 Å². The first-order valence-electron chi connectivity index (χ1n) is 17.0. The molecule has 0 saturated carbocycles. The Labute approximate surface area is 283 Å². The summed E-state index contributed by atoms with van der Waals surface area (Å²) in [5.74, 6) is 1.89. The minimum absolute atomic E-state index is 0.130. The normalized spacial score (nSPS) is 18.0. The lowest BCUT2D eigenvalue weighted by atomic mass is 9.88. The number of aromatic nitrogens is 1. The zero-order valence-corrected chi connectivity index (χ0v) is 30.6. The van der Waals surface area contributed by atoms with Crippen LogP contribution in [0.4, 0.5) is 0 Å². The molecule has 3 heterocycles. The smallest absolute Gasteiger partial charge is 0.220 e. The van der Waals surface area contributed by atoms with Gasteiger partial charge in [-0.15, -0.1) is 11.3 Å². The van der Waals surface area contributed by atoms with E-state index in [0.29, 0.717) is 29.7 Å². The summed E-state index contributed by atoms with van der Waals surface area (Å²) in [5, 5.41) is 10.3. The molecule has 0 bridgehead atoms. The molecule has 2 atom stereocenters. The average molecular weight is 665 g/mol. The number of ether oxygens (including phenoxy) is 1. The molecule has 264 valence electrons. The summed E-state index contributed by atoms with van der Waals surface area (Å²) < 4.78 is 5.45. The number of hydrogen-bond donors (Lipinski definition) is 4. The lowest BCUT2D eigenvalue weighted by Crippen LogP contribution is -2.47. The predicted molar refractivity (Wildman–Crippen MR) is 193 cm³/mol. The third-order valence-corrected chi connectivity index (χ3v) is 8.92. The summed E-state index contributed by atoms with van der Waals surface area (Å²) in [5.41, 5.74) is 5.98.